The number of rotatable bonds is 11. The number of nitrogens with one attached hydrogen (secondary N) is 1. The second-order valence-electron chi connectivity index (χ2n) is 11.5. The molecule has 0 spiro atoms. The van der Waals surface area contributed by atoms with Crippen molar-refractivity contribution in [3.05, 3.63) is 145 Å². The fraction of sp³-hybridized carbons (Fsp3) is 0.200. The first kappa shape index (κ1) is 30.7. The Bertz CT molecular complexity index is 1740. The van der Waals surface area contributed by atoms with E-state index in [0.717, 1.165) is 67.0 Å². The number of amides is 2. The van der Waals surface area contributed by atoms with E-state index in [4.69, 9.17) is 4.74 Å². The number of ether oxygens (including phenoxy) is 1. The number of hydrogen-bond donors (Lipinski definition) is 1. The van der Waals surface area contributed by atoms with Gasteiger partial charge in [-0.3, -0.25) is 9.59 Å². The number of carbonyl (C=O) groups is 2. The van der Waals surface area contributed by atoms with Gasteiger partial charge in [-0.1, -0.05) is 78.9 Å². The molecule has 5 aromatic rings. The molecule has 1 N–H and O–H groups in total. The maximum Gasteiger partial charge on any atom is 0.258 e. The van der Waals surface area contributed by atoms with Gasteiger partial charge in [-0.05, 0) is 91.4 Å². The molecular weight excluding hydrogens is 570 g/mol. The van der Waals surface area contributed by atoms with Crippen molar-refractivity contribution >= 4 is 28.9 Å². The topological polar surface area (TPSA) is 61.9 Å². The Morgan fingerprint density at radius 1 is 0.652 bits per heavy atom. The van der Waals surface area contributed by atoms with Gasteiger partial charge in [0.25, 0.3) is 11.8 Å². The average Bonchev–Trinajstić information content (AvgIpc) is 3.30. The molecule has 1 heterocycles. The van der Waals surface area contributed by atoms with Crippen molar-refractivity contribution in [2.45, 2.75) is 25.7 Å². The molecule has 2 amide bonds. The van der Waals surface area contributed by atoms with Crippen LogP contribution in [0.15, 0.2) is 133 Å². The number of para-hydroxylation sites is 3. The number of fused-ring (bicyclic) bond motifs is 1. The molecule has 6 nitrogen and oxygen atoms in total. The number of anilines is 3. The quantitative estimate of drug-likeness (QED) is 0.152. The van der Waals surface area contributed by atoms with Gasteiger partial charge in [-0.2, -0.15) is 0 Å². The summed E-state index contributed by atoms with van der Waals surface area (Å²) in [7, 11) is 0. The van der Waals surface area contributed by atoms with E-state index >= 15 is 0 Å². The van der Waals surface area contributed by atoms with Gasteiger partial charge in [-0.25, -0.2) is 0 Å². The van der Waals surface area contributed by atoms with Crippen LogP contribution in [0.2, 0.25) is 0 Å². The van der Waals surface area contributed by atoms with Gasteiger partial charge in [0.15, 0.2) is 0 Å². The highest BCUT2D eigenvalue weighted by molar-refractivity contribution is 6.10. The summed E-state index contributed by atoms with van der Waals surface area (Å²) in [4.78, 5) is 31.4. The lowest BCUT2D eigenvalue weighted by Crippen LogP contribution is -2.31. The predicted molar refractivity (Wildman–Crippen MR) is 187 cm³/mol. The van der Waals surface area contributed by atoms with Gasteiger partial charge < -0.3 is 19.9 Å². The van der Waals surface area contributed by atoms with E-state index in [1.165, 1.54) is 0 Å². The third kappa shape index (κ3) is 7.46. The monoisotopic (exact) mass is 609 g/mol. The van der Waals surface area contributed by atoms with Gasteiger partial charge in [0.2, 0.25) is 0 Å². The smallest absolute Gasteiger partial charge is 0.258 e. The molecule has 1 aliphatic rings. The lowest BCUT2D eigenvalue weighted by molar-refractivity contribution is 0.0986. The summed E-state index contributed by atoms with van der Waals surface area (Å²) in [5.41, 5.74) is 5.71. The first-order valence-corrected chi connectivity index (χ1v) is 16.1. The second-order valence-corrected chi connectivity index (χ2v) is 11.5. The van der Waals surface area contributed by atoms with Crippen LogP contribution in [0.5, 0.6) is 5.75 Å². The third-order valence-corrected chi connectivity index (χ3v) is 8.30. The van der Waals surface area contributed by atoms with Gasteiger partial charge in [0, 0.05) is 36.4 Å². The Morgan fingerprint density at radius 2 is 1.33 bits per heavy atom. The highest BCUT2D eigenvalue weighted by Crippen LogP contribution is 2.33. The van der Waals surface area contributed by atoms with Crippen molar-refractivity contribution in [3.8, 4) is 16.9 Å². The molecule has 0 saturated heterocycles. The summed E-state index contributed by atoms with van der Waals surface area (Å²) >= 11 is 0. The van der Waals surface area contributed by atoms with Crippen LogP contribution in [-0.2, 0) is 0 Å². The van der Waals surface area contributed by atoms with E-state index in [0.29, 0.717) is 30.0 Å². The zero-order valence-electron chi connectivity index (χ0n) is 26.0. The Hall–Kier alpha value is -5.36. The molecule has 0 fully saturated rings. The van der Waals surface area contributed by atoms with E-state index in [1.54, 1.807) is 24.3 Å². The predicted octanol–water partition coefficient (Wildman–Crippen LogP) is 8.71. The van der Waals surface area contributed by atoms with Crippen molar-refractivity contribution in [2.75, 3.05) is 41.4 Å². The minimum atomic E-state index is -0.191. The maximum atomic E-state index is 13.8. The van der Waals surface area contributed by atoms with E-state index in [-0.39, 0.29) is 11.8 Å². The molecule has 46 heavy (non-hydrogen) atoms. The normalized spacial score (nSPS) is 12.6. The molecule has 6 rings (SSSR count). The number of hydrogen-bond acceptors (Lipinski definition) is 4. The van der Waals surface area contributed by atoms with E-state index in [9.17, 15) is 9.59 Å². The first-order chi connectivity index (χ1) is 22.7. The molecule has 0 aromatic heterocycles. The summed E-state index contributed by atoms with van der Waals surface area (Å²) in [6.45, 7) is 3.20. The Labute approximate surface area is 271 Å². The Balaban J connectivity index is 1.07. The zero-order chi connectivity index (χ0) is 31.6. The molecule has 0 unspecified atom stereocenters. The summed E-state index contributed by atoms with van der Waals surface area (Å²) in [5.74, 6) is 0.682. The summed E-state index contributed by atoms with van der Waals surface area (Å²) in [6.07, 6.45) is 4.02. The summed E-state index contributed by atoms with van der Waals surface area (Å²) in [5, 5.41) is 3.01. The number of carbonyl (C=O) groups excluding carboxylic acids is 2. The van der Waals surface area contributed by atoms with E-state index < -0.39 is 0 Å². The molecular formula is C40H39N3O3. The van der Waals surface area contributed by atoms with Gasteiger partial charge >= 0.3 is 0 Å². The maximum absolute atomic E-state index is 13.8. The lowest BCUT2D eigenvalue weighted by Gasteiger charge is -2.27. The molecule has 0 aliphatic carbocycles. The Morgan fingerprint density at radius 3 is 2.11 bits per heavy atom. The van der Waals surface area contributed by atoms with Crippen LogP contribution in [0, 0.1) is 0 Å². The molecule has 0 atom stereocenters. The van der Waals surface area contributed by atoms with Crippen LogP contribution < -0.4 is 19.9 Å². The lowest BCUT2D eigenvalue weighted by atomic mass is 9.99. The van der Waals surface area contributed by atoms with Crippen molar-refractivity contribution in [1.82, 2.24) is 0 Å². The Kier molecular flexibility index (Phi) is 10.1. The average molecular weight is 610 g/mol. The van der Waals surface area contributed by atoms with Crippen LogP contribution in [-0.4, -0.2) is 38.1 Å². The second kappa shape index (κ2) is 15.1. The third-order valence-electron chi connectivity index (χ3n) is 8.30. The fourth-order valence-electron chi connectivity index (χ4n) is 5.95. The van der Waals surface area contributed by atoms with Gasteiger partial charge in [-0.15, -0.1) is 0 Å². The number of nitrogens with zero attached hydrogens (tertiary/aromatic N) is 2. The molecule has 6 heteroatoms. The van der Waals surface area contributed by atoms with E-state index in [1.807, 2.05) is 108 Å². The van der Waals surface area contributed by atoms with E-state index in [2.05, 4.69) is 16.3 Å². The zero-order valence-corrected chi connectivity index (χ0v) is 26.0. The van der Waals surface area contributed by atoms with Gasteiger partial charge in [0.1, 0.15) is 5.75 Å². The standard InChI is InChI=1S/C40H39N3O3/c44-39(36-20-9-8-19-35(36)31-15-4-1-5-16-31)41-33-25-23-32(24-26-33)40(45)43-29-14-28-42(37-21-10-11-22-38(37)43)27-12-3-13-30-46-34-17-6-2-7-18-34/h1-2,4-11,15-26H,3,12-14,27-30H2,(H,41,44). The highest BCUT2D eigenvalue weighted by Gasteiger charge is 2.25. The minimum Gasteiger partial charge on any atom is -0.494 e. The van der Waals surface area contributed by atoms with Crippen LogP contribution in [0.3, 0.4) is 0 Å². The molecule has 1 aliphatic heterocycles. The number of benzene rings is 5. The van der Waals surface area contributed by atoms with Crippen LogP contribution >= 0.6 is 0 Å². The highest BCUT2D eigenvalue weighted by atomic mass is 16.5. The van der Waals surface area contributed by atoms with Crippen molar-refractivity contribution in [1.29, 1.82) is 0 Å². The minimum absolute atomic E-state index is 0.0420. The summed E-state index contributed by atoms with van der Waals surface area (Å²) < 4.78 is 5.85. The van der Waals surface area contributed by atoms with Crippen LogP contribution in [0.1, 0.15) is 46.4 Å². The van der Waals surface area contributed by atoms with Crippen molar-refractivity contribution in [2.24, 2.45) is 0 Å². The molecule has 5 aromatic carbocycles. The molecule has 0 saturated carbocycles. The molecule has 0 radical (unpaired) electrons. The van der Waals surface area contributed by atoms with Crippen molar-refractivity contribution < 1.29 is 14.3 Å². The molecule has 232 valence electrons. The van der Waals surface area contributed by atoms with Crippen molar-refractivity contribution in [3.63, 3.8) is 0 Å². The van der Waals surface area contributed by atoms with Crippen LogP contribution in [0.25, 0.3) is 11.1 Å². The van der Waals surface area contributed by atoms with Crippen LogP contribution in [0.4, 0.5) is 17.1 Å². The number of unbranched alkanes of at least 4 members (excludes halogenated alkanes) is 2. The summed E-state index contributed by atoms with van der Waals surface area (Å²) in [6, 6.07) is 42.8. The fourth-order valence-corrected chi connectivity index (χ4v) is 5.95. The molecule has 0 bridgehead atoms. The first-order valence-electron chi connectivity index (χ1n) is 16.1. The largest absolute Gasteiger partial charge is 0.494 e. The van der Waals surface area contributed by atoms with Gasteiger partial charge in [0.05, 0.1) is 18.0 Å². The SMILES string of the molecule is O=C(Nc1ccc(C(=O)N2CCCN(CCCCCOc3ccccc3)c3ccccc32)cc1)c1ccccc1-c1ccccc1.